The van der Waals surface area contributed by atoms with Gasteiger partial charge in [0.05, 0.1) is 13.1 Å². The first kappa shape index (κ1) is 14.5. The number of aliphatic hydroxyl groups excluding tert-OH is 1. The lowest BCUT2D eigenvalue weighted by molar-refractivity contribution is -0.115. The predicted molar refractivity (Wildman–Crippen MR) is 59.9 cm³/mol. The van der Waals surface area contributed by atoms with Crippen molar-refractivity contribution in [2.45, 2.75) is 5.92 Å². The standard InChI is InChI=1S/C11H13F3N2O2/c12-8-2-1-3-9(4-8)16-10(18)5-15-6-11(13,14)7-17/h1-4,15,17H,5-7H2,(H,16,18). The zero-order valence-electron chi connectivity index (χ0n) is 9.42. The Kier molecular flexibility index (Phi) is 5.11. The van der Waals surface area contributed by atoms with Crippen LogP contribution in [-0.4, -0.2) is 36.6 Å². The molecule has 0 aromatic heterocycles. The van der Waals surface area contributed by atoms with Gasteiger partial charge in [0.15, 0.2) is 0 Å². The van der Waals surface area contributed by atoms with Crippen molar-refractivity contribution in [1.29, 1.82) is 0 Å². The third-order valence-corrected chi connectivity index (χ3v) is 2.01. The second kappa shape index (κ2) is 6.36. The molecule has 0 unspecified atom stereocenters. The van der Waals surface area contributed by atoms with Gasteiger partial charge in [0.1, 0.15) is 12.4 Å². The number of hydrogen-bond acceptors (Lipinski definition) is 3. The van der Waals surface area contributed by atoms with Gasteiger partial charge < -0.3 is 15.7 Å². The van der Waals surface area contributed by atoms with E-state index in [0.29, 0.717) is 0 Å². The molecular weight excluding hydrogens is 249 g/mol. The summed E-state index contributed by atoms with van der Waals surface area (Å²) < 4.78 is 38.0. The second-order valence-corrected chi connectivity index (χ2v) is 3.68. The van der Waals surface area contributed by atoms with Gasteiger partial charge in [-0.1, -0.05) is 6.07 Å². The summed E-state index contributed by atoms with van der Waals surface area (Å²) in [4.78, 5) is 11.3. The summed E-state index contributed by atoms with van der Waals surface area (Å²) >= 11 is 0. The van der Waals surface area contributed by atoms with Crippen molar-refractivity contribution in [3.63, 3.8) is 0 Å². The first-order valence-electron chi connectivity index (χ1n) is 5.18. The van der Waals surface area contributed by atoms with Gasteiger partial charge in [0, 0.05) is 5.69 Å². The molecule has 0 saturated carbocycles. The molecule has 0 aliphatic heterocycles. The van der Waals surface area contributed by atoms with E-state index in [9.17, 15) is 18.0 Å². The number of rotatable bonds is 6. The molecule has 1 amide bonds. The van der Waals surface area contributed by atoms with Crippen LogP contribution in [-0.2, 0) is 4.79 Å². The normalized spacial score (nSPS) is 11.3. The molecule has 0 aliphatic rings. The number of benzene rings is 1. The van der Waals surface area contributed by atoms with Crippen molar-refractivity contribution >= 4 is 11.6 Å². The molecular formula is C11H13F3N2O2. The molecule has 100 valence electrons. The van der Waals surface area contributed by atoms with Crippen LogP contribution in [0.4, 0.5) is 18.9 Å². The van der Waals surface area contributed by atoms with E-state index in [1.807, 2.05) is 0 Å². The Labute approximate surface area is 102 Å². The van der Waals surface area contributed by atoms with Gasteiger partial charge in [-0.15, -0.1) is 0 Å². The van der Waals surface area contributed by atoms with Crippen LogP contribution in [0, 0.1) is 5.82 Å². The predicted octanol–water partition coefficient (Wildman–Crippen LogP) is 0.981. The summed E-state index contributed by atoms with van der Waals surface area (Å²) in [5.41, 5.74) is 0.246. The number of aliphatic hydroxyl groups is 1. The minimum Gasteiger partial charge on any atom is -0.390 e. The molecule has 18 heavy (non-hydrogen) atoms. The molecule has 1 aromatic carbocycles. The highest BCUT2D eigenvalue weighted by atomic mass is 19.3. The molecule has 0 bridgehead atoms. The highest BCUT2D eigenvalue weighted by molar-refractivity contribution is 5.92. The molecule has 0 aliphatic carbocycles. The molecule has 0 fully saturated rings. The number of carbonyl (C=O) groups excluding carboxylic acids is 1. The molecule has 3 N–H and O–H groups in total. The fourth-order valence-electron chi connectivity index (χ4n) is 1.19. The van der Waals surface area contributed by atoms with E-state index in [0.717, 1.165) is 6.07 Å². The SMILES string of the molecule is O=C(CNCC(F)(F)CO)Nc1cccc(F)c1. The summed E-state index contributed by atoms with van der Waals surface area (Å²) in [6.07, 6.45) is 0. The number of hydrogen-bond donors (Lipinski definition) is 3. The fourth-order valence-corrected chi connectivity index (χ4v) is 1.19. The number of halogens is 3. The number of amides is 1. The monoisotopic (exact) mass is 262 g/mol. The van der Waals surface area contributed by atoms with E-state index in [1.54, 1.807) is 0 Å². The Balaban J connectivity index is 2.34. The minimum absolute atomic E-state index is 0.246. The van der Waals surface area contributed by atoms with Gasteiger partial charge >= 0.3 is 0 Å². The Morgan fingerprint density at radius 1 is 1.39 bits per heavy atom. The van der Waals surface area contributed by atoms with Gasteiger partial charge in [-0.25, -0.2) is 13.2 Å². The van der Waals surface area contributed by atoms with E-state index in [2.05, 4.69) is 10.6 Å². The number of alkyl halides is 2. The summed E-state index contributed by atoms with van der Waals surface area (Å²) in [6, 6.07) is 5.22. The van der Waals surface area contributed by atoms with E-state index in [-0.39, 0.29) is 12.2 Å². The van der Waals surface area contributed by atoms with Crippen LogP contribution in [0.2, 0.25) is 0 Å². The molecule has 0 spiro atoms. The van der Waals surface area contributed by atoms with Crippen LogP contribution in [0.25, 0.3) is 0 Å². The zero-order valence-corrected chi connectivity index (χ0v) is 9.42. The van der Waals surface area contributed by atoms with E-state index >= 15 is 0 Å². The number of nitrogens with one attached hydrogen (secondary N) is 2. The lowest BCUT2D eigenvalue weighted by Gasteiger charge is -2.13. The molecule has 1 aromatic rings. The van der Waals surface area contributed by atoms with Crippen molar-refractivity contribution in [1.82, 2.24) is 5.32 Å². The molecule has 1 rings (SSSR count). The molecule has 0 atom stereocenters. The maximum atomic E-state index is 12.8. The largest absolute Gasteiger partial charge is 0.390 e. The van der Waals surface area contributed by atoms with Gasteiger partial charge in [0.2, 0.25) is 5.91 Å². The molecule has 0 heterocycles. The maximum Gasteiger partial charge on any atom is 0.282 e. The number of carbonyl (C=O) groups is 1. The molecule has 0 saturated heterocycles. The number of anilines is 1. The van der Waals surface area contributed by atoms with Gasteiger partial charge in [-0.3, -0.25) is 4.79 Å². The zero-order chi connectivity index (χ0) is 13.6. The Morgan fingerprint density at radius 2 is 2.11 bits per heavy atom. The Bertz CT molecular complexity index is 413. The lowest BCUT2D eigenvalue weighted by atomic mass is 10.3. The average Bonchev–Trinajstić information content (AvgIpc) is 2.28. The third-order valence-electron chi connectivity index (χ3n) is 2.01. The van der Waals surface area contributed by atoms with Crippen LogP contribution in [0.1, 0.15) is 0 Å². The summed E-state index contributed by atoms with van der Waals surface area (Å²) in [6.45, 7) is -2.45. The summed E-state index contributed by atoms with van der Waals surface area (Å²) in [5.74, 6) is -4.35. The third kappa shape index (κ3) is 5.15. The quantitative estimate of drug-likeness (QED) is 0.716. The molecule has 4 nitrogen and oxygen atoms in total. The highest BCUT2D eigenvalue weighted by Gasteiger charge is 2.27. The van der Waals surface area contributed by atoms with Crippen LogP contribution < -0.4 is 10.6 Å². The van der Waals surface area contributed by atoms with Crippen molar-refractivity contribution < 1.29 is 23.1 Å². The van der Waals surface area contributed by atoms with Crippen LogP contribution in [0.3, 0.4) is 0 Å². The molecule has 0 radical (unpaired) electrons. The fraction of sp³-hybridized carbons (Fsp3) is 0.364. The topological polar surface area (TPSA) is 61.4 Å². The summed E-state index contributed by atoms with van der Waals surface area (Å²) in [7, 11) is 0. The average molecular weight is 262 g/mol. The van der Waals surface area contributed by atoms with Crippen LogP contribution >= 0.6 is 0 Å². The Hall–Kier alpha value is -1.60. The van der Waals surface area contributed by atoms with E-state index in [4.69, 9.17) is 5.11 Å². The lowest BCUT2D eigenvalue weighted by Crippen LogP contribution is -2.39. The van der Waals surface area contributed by atoms with Gasteiger partial charge in [0.25, 0.3) is 5.92 Å². The summed E-state index contributed by atoms with van der Waals surface area (Å²) in [5, 5.41) is 12.8. The van der Waals surface area contributed by atoms with E-state index in [1.165, 1.54) is 18.2 Å². The van der Waals surface area contributed by atoms with Crippen molar-refractivity contribution in [2.24, 2.45) is 0 Å². The first-order valence-corrected chi connectivity index (χ1v) is 5.18. The van der Waals surface area contributed by atoms with Gasteiger partial charge in [-0.2, -0.15) is 0 Å². The molecule has 7 heteroatoms. The van der Waals surface area contributed by atoms with Crippen LogP contribution in [0.15, 0.2) is 24.3 Å². The highest BCUT2D eigenvalue weighted by Crippen LogP contribution is 2.10. The van der Waals surface area contributed by atoms with E-state index < -0.39 is 30.8 Å². The van der Waals surface area contributed by atoms with Crippen molar-refractivity contribution in [2.75, 3.05) is 25.0 Å². The minimum atomic E-state index is -3.26. The second-order valence-electron chi connectivity index (χ2n) is 3.68. The smallest absolute Gasteiger partial charge is 0.282 e. The Morgan fingerprint density at radius 3 is 2.72 bits per heavy atom. The van der Waals surface area contributed by atoms with Gasteiger partial charge in [-0.05, 0) is 18.2 Å². The van der Waals surface area contributed by atoms with Crippen molar-refractivity contribution in [3.05, 3.63) is 30.1 Å². The first-order chi connectivity index (χ1) is 8.43. The van der Waals surface area contributed by atoms with Crippen molar-refractivity contribution in [3.8, 4) is 0 Å². The van der Waals surface area contributed by atoms with Crippen LogP contribution in [0.5, 0.6) is 0 Å². The maximum absolute atomic E-state index is 12.8.